The lowest BCUT2D eigenvalue weighted by molar-refractivity contribution is -0.689. The minimum atomic E-state index is 0. The van der Waals surface area contributed by atoms with Crippen LogP contribution in [0.3, 0.4) is 0 Å². The molecule has 0 amide bonds. The zero-order chi connectivity index (χ0) is 8.34. The summed E-state index contributed by atoms with van der Waals surface area (Å²) >= 11 is 0. The average molecular weight is 202 g/mol. The number of hydrogen-bond donors (Lipinski definition) is 0. The first-order valence-electron chi connectivity index (χ1n) is 5.14. The molecule has 4 bridgehead atoms. The second-order valence-electron chi connectivity index (χ2n) is 5.32. The van der Waals surface area contributed by atoms with Crippen molar-refractivity contribution in [1.29, 1.82) is 0 Å². The molecule has 2 heterocycles. The van der Waals surface area contributed by atoms with Crippen LogP contribution in [-0.4, -0.2) is 16.3 Å². The molecule has 2 aliphatic carbocycles. The topological polar surface area (TPSA) is 20.1 Å². The van der Waals surface area contributed by atoms with Gasteiger partial charge in [0, 0.05) is 42.3 Å². The molecule has 3 heteroatoms. The molecule has 4 fully saturated rings. The van der Waals surface area contributed by atoms with E-state index in [1.807, 2.05) is 0 Å². The molecular formula is C10H16ClNO. The first kappa shape index (κ1) is 9.45. The third kappa shape index (κ3) is 1.14. The summed E-state index contributed by atoms with van der Waals surface area (Å²) in [4.78, 5) is 11.8. The summed E-state index contributed by atoms with van der Waals surface area (Å²) in [5.41, 5.74) is 0.0365. The molecule has 4 rings (SSSR count). The summed E-state index contributed by atoms with van der Waals surface area (Å²) in [5.74, 6) is 1.77. The van der Waals surface area contributed by atoms with E-state index in [9.17, 15) is 4.91 Å². The Labute approximate surface area is 85.1 Å². The molecule has 13 heavy (non-hydrogen) atoms. The summed E-state index contributed by atoms with van der Waals surface area (Å²) in [5, 5.41) is 0. The fourth-order valence-electron chi connectivity index (χ4n) is 4.00. The molecule has 2 saturated heterocycles. The predicted octanol–water partition coefficient (Wildman–Crippen LogP) is -0.880. The van der Waals surface area contributed by atoms with Crippen LogP contribution < -0.4 is 12.4 Å². The van der Waals surface area contributed by atoms with Crippen LogP contribution in [0.1, 0.15) is 39.0 Å². The summed E-state index contributed by atoms with van der Waals surface area (Å²) in [6.07, 6.45) is 6.14. The summed E-state index contributed by atoms with van der Waals surface area (Å²) in [6, 6.07) is 0.390. The smallest absolute Gasteiger partial charge is 0.208 e. The van der Waals surface area contributed by atoms with E-state index < -0.39 is 0 Å². The van der Waals surface area contributed by atoms with Gasteiger partial charge in [-0.25, -0.2) is 0 Å². The van der Waals surface area contributed by atoms with Gasteiger partial charge in [0.15, 0.2) is 0 Å². The van der Waals surface area contributed by atoms with Crippen LogP contribution in [0, 0.1) is 16.7 Å². The molecular weight excluding hydrogens is 186 g/mol. The van der Waals surface area contributed by atoms with Crippen molar-refractivity contribution in [1.82, 2.24) is 0 Å². The van der Waals surface area contributed by atoms with Crippen LogP contribution in [0.15, 0.2) is 0 Å². The number of rotatable bonds is 0. The highest BCUT2D eigenvalue weighted by molar-refractivity contribution is 4.97. The van der Waals surface area contributed by atoms with E-state index in [1.54, 1.807) is 0 Å². The van der Waals surface area contributed by atoms with Crippen molar-refractivity contribution in [2.75, 3.05) is 0 Å². The predicted molar refractivity (Wildman–Crippen MR) is 45.9 cm³/mol. The third-order valence-electron chi connectivity index (χ3n) is 4.20. The largest absolute Gasteiger partial charge is 1.00 e. The molecule has 0 aromatic heterocycles. The number of nitrogens with zero attached hydrogens (tertiary/aromatic N) is 1. The molecule has 0 N–H and O–H groups in total. The van der Waals surface area contributed by atoms with E-state index in [1.165, 1.54) is 36.9 Å². The molecule has 2 atom stereocenters. The van der Waals surface area contributed by atoms with Gasteiger partial charge in [-0.2, -0.15) is 0 Å². The lowest BCUT2D eigenvalue weighted by atomic mass is 9.59. The Kier molecular flexibility index (Phi) is 1.96. The fourth-order valence-corrected chi connectivity index (χ4v) is 4.00. The summed E-state index contributed by atoms with van der Waals surface area (Å²) in [6.45, 7) is 2.17. The molecule has 2 saturated carbocycles. The van der Waals surface area contributed by atoms with Gasteiger partial charge in [-0.05, 0) is 18.3 Å². The molecule has 2 aliphatic heterocycles. The molecule has 0 radical (unpaired) electrons. The first-order valence-corrected chi connectivity index (χ1v) is 5.14. The van der Waals surface area contributed by atoms with Crippen LogP contribution in [0.25, 0.3) is 0 Å². The van der Waals surface area contributed by atoms with Gasteiger partial charge in [-0.1, -0.05) is 0 Å². The van der Waals surface area contributed by atoms with Crippen molar-refractivity contribution in [2.24, 2.45) is 11.8 Å². The zero-order valence-corrected chi connectivity index (χ0v) is 8.76. The van der Waals surface area contributed by atoms with E-state index in [-0.39, 0.29) is 17.9 Å². The lowest BCUT2D eigenvalue weighted by Gasteiger charge is -2.48. The van der Waals surface area contributed by atoms with E-state index in [0.717, 1.165) is 11.8 Å². The third-order valence-corrected chi connectivity index (χ3v) is 4.20. The van der Waals surface area contributed by atoms with Crippen LogP contribution in [0.5, 0.6) is 0 Å². The lowest BCUT2D eigenvalue weighted by Crippen LogP contribution is -3.00. The highest BCUT2D eigenvalue weighted by atomic mass is 35.5. The first-order chi connectivity index (χ1) is 5.67. The molecule has 74 valence electrons. The van der Waals surface area contributed by atoms with Crippen molar-refractivity contribution in [3.8, 4) is 0 Å². The number of nitroso groups, excluding NO2 is 1. The zero-order valence-electron chi connectivity index (χ0n) is 8.00. The van der Waals surface area contributed by atoms with Gasteiger partial charge in [0.2, 0.25) is 11.6 Å². The van der Waals surface area contributed by atoms with Gasteiger partial charge >= 0.3 is 0 Å². The van der Waals surface area contributed by atoms with E-state index >= 15 is 0 Å². The maximum absolute atomic E-state index is 11.8. The van der Waals surface area contributed by atoms with Crippen molar-refractivity contribution in [3.63, 3.8) is 0 Å². The van der Waals surface area contributed by atoms with E-state index in [0.29, 0.717) is 6.04 Å². The SMILES string of the molecule is CC12CC3CC(CC(C3)[N+]1=O)C2.[Cl-]. The Balaban J connectivity index is 0.000000653. The maximum Gasteiger partial charge on any atom is 0.208 e. The molecule has 0 spiro atoms. The highest BCUT2D eigenvalue weighted by Gasteiger charge is 2.60. The number of piperidine rings is 2. The van der Waals surface area contributed by atoms with Gasteiger partial charge in [0.25, 0.3) is 0 Å². The Hall–Kier alpha value is -0.110. The van der Waals surface area contributed by atoms with Crippen LogP contribution in [-0.2, 0) is 0 Å². The van der Waals surface area contributed by atoms with Gasteiger partial charge in [0.05, 0.1) is 0 Å². The highest BCUT2D eigenvalue weighted by Crippen LogP contribution is 2.52. The second kappa shape index (κ2) is 2.69. The minimum absolute atomic E-state index is 0. The average Bonchev–Trinajstić information content (AvgIpc) is 1.98. The van der Waals surface area contributed by atoms with Crippen LogP contribution in [0.4, 0.5) is 0 Å². The Morgan fingerprint density at radius 1 is 1.15 bits per heavy atom. The van der Waals surface area contributed by atoms with Crippen molar-refractivity contribution >= 4 is 0 Å². The maximum atomic E-state index is 11.8. The number of halogens is 1. The normalized spacial score (nSPS) is 52.1. The monoisotopic (exact) mass is 201 g/mol. The molecule has 2 nitrogen and oxygen atoms in total. The Morgan fingerprint density at radius 3 is 2.15 bits per heavy atom. The minimum Gasteiger partial charge on any atom is -1.00 e. The fraction of sp³-hybridized carbons (Fsp3) is 1.00. The standard InChI is InChI=1S/C10H16NO.ClH/c1-10-5-7-2-8(6-10)4-9(3-7)11(10)12;/h7-9H,2-6H2,1H3;1H/q+1;/p-1. The van der Waals surface area contributed by atoms with Crippen molar-refractivity contribution in [2.45, 2.75) is 50.6 Å². The Morgan fingerprint density at radius 2 is 1.69 bits per heavy atom. The van der Waals surface area contributed by atoms with E-state index in [2.05, 4.69) is 6.92 Å². The molecule has 0 aromatic rings. The molecule has 0 aromatic carbocycles. The van der Waals surface area contributed by atoms with Gasteiger partial charge in [-0.3, -0.25) is 0 Å². The summed E-state index contributed by atoms with van der Waals surface area (Å²) < 4.78 is 1.43. The van der Waals surface area contributed by atoms with Crippen LogP contribution in [0.2, 0.25) is 0 Å². The Bertz CT molecular complexity index is 239. The number of hydrogen-bond acceptors (Lipinski definition) is 1. The molecule has 2 unspecified atom stereocenters. The second-order valence-corrected chi connectivity index (χ2v) is 5.32. The van der Waals surface area contributed by atoms with Crippen molar-refractivity contribution in [3.05, 3.63) is 4.91 Å². The quantitative estimate of drug-likeness (QED) is 0.467. The van der Waals surface area contributed by atoms with Crippen LogP contribution >= 0.6 is 0 Å². The van der Waals surface area contributed by atoms with Gasteiger partial charge in [0.1, 0.15) is 0 Å². The van der Waals surface area contributed by atoms with E-state index in [4.69, 9.17) is 0 Å². The van der Waals surface area contributed by atoms with Gasteiger partial charge < -0.3 is 12.4 Å². The molecule has 4 aliphatic rings. The summed E-state index contributed by atoms with van der Waals surface area (Å²) in [7, 11) is 0. The van der Waals surface area contributed by atoms with Crippen molar-refractivity contribution < 1.29 is 17.2 Å². The van der Waals surface area contributed by atoms with Gasteiger partial charge in [-0.15, -0.1) is 0 Å².